The van der Waals surface area contributed by atoms with Gasteiger partial charge in [-0.05, 0) is 36.8 Å². The monoisotopic (exact) mass is 346 g/mol. The van der Waals surface area contributed by atoms with Crippen molar-refractivity contribution in [1.29, 1.82) is 0 Å². The van der Waals surface area contributed by atoms with E-state index >= 15 is 0 Å². The SMILES string of the molecule is Cc1ccc2nc(NC(=O)c3ccc(C(N)=O)c(Cl)n3)sc2c1. The van der Waals surface area contributed by atoms with Gasteiger partial charge in [0.2, 0.25) is 0 Å². The highest BCUT2D eigenvalue weighted by Gasteiger charge is 2.15. The van der Waals surface area contributed by atoms with E-state index in [0.29, 0.717) is 5.13 Å². The van der Waals surface area contributed by atoms with Crippen molar-refractivity contribution in [2.45, 2.75) is 6.92 Å². The second kappa shape index (κ2) is 5.94. The van der Waals surface area contributed by atoms with Gasteiger partial charge in [-0.1, -0.05) is 29.0 Å². The third kappa shape index (κ3) is 3.15. The molecule has 3 N–H and O–H groups in total. The molecule has 0 radical (unpaired) electrons. The van der Waals surface area contributed by atoms with Gasteiger partial charge in [-0.2, -0.15) is 0 Å². The molecule has 0 aliphatic rings. The third-order valence-electron chi connectivity index (χ3n) is 3.11. The number of halogens is 1. The van der Waals surface area contributed by atoms with Crippen molar-refractivity contribution in [3.63, 3.8) is 0 Å². The molecule has 3 rings (SSSR count). The number of thiazole rings is 1. The van der Waals surface area contributed by atoms with E-state index in [1.807, 2.05) is 25.1 Å². The second-order valence-electron chi connectivity index (χ2n) is 4.84. The number of anilines is 1. The third-order valence-corrected chi connectivity index (χ3v) is 4.33. The van der Waals surface area contributed by atoms with Crippen LogP contribution < -0.4 is 11.1 Å². The van der Waals surface area contributed by atoms with Gasteiger partial charge in [0, 0.05) is 0 Å². The average Bonchev–Trinajstić information content (AvgIpc) is 2.87. The molecule has 0 unspecified atom stereocenters. The Labute approximate surface area is 140 Å². The van der Waals surface area contributed by atoms with Crippen LogP contribution >= 0.6 is 22.9 Å². The predicted molar refractivity (Wildman–Crippen MR) is 90.1 cm³/mol. The van der Waals surface area contributed by atoms with Crippen LogP contribution in [0.3, 0.4) is 0 Å². The number of nitrogens with zero attached hydrogens (tertiary/aromatic N) is 2. The van der Waals surface area contributed by atoms with E-state index in [1.165, 1.54) is 23.5 Å². The fourth-order valence-corrected chi connectivity index (χ4v) is 3.20. The first kappa shape index (κ1) is 15.4. The highest BCUT2D eigenvalue weighted by atomic mass is 35.5. The quantitative estimate of drug-likeness (QED) is 0.712. The van der Waals surface area contributed by atoms with Gasteiger partial charge in [-0.25, -0.2) is 9.97 Å². The van der Waals surface area contributed by atoms with Gasteiger partial charge in [0.15, 0.2) is 5.13 Å². The fourth-order valence-electron chi connectivity index (χ4n) is 1.99. The Balaban J connectivity index is 1.85. The number of fused-ring (bicyclic) bond motifs is 1. The van der Waals surface area contributed by atoms with Crippen molar-refractivity contribution in [1.82, 2.24) is 9.97 Å². The Kier molecular flexibility index (Phi) is 3.97. The van der Waals surface area contributed by atoms with E-state index in [4.69, 9.17) is 17.3 Å². The molecule has 0 spiro atoms. The summed E-state index contributed by atoms with van der Waals surface area (Å²) in [5, 5.41) is 3.03. The molecule has 0 fully saturated rings. The van der Waals surface area contributed by atoms with Gasteiger partial charge < -0.3 is 5.73 Å². The first-order valence-electron chi connectivity index (χ1n) is 6.59. The normalized spacial score (nSPS) is 10.7. The summed E-state index contributed by atoms with van der Waals surface area (Å²) in [5.74, 6) is -1.16. The number of carbonyl (C=O) groups is 2. The molecule has 116 valence electrons. The molecule has 1 aromatic carbocycles. The molecular weight excluding hydrogens is 336 g/mol. The molecule has 23 heavy (non-hydrogen) atoms. The van der Waals surface area contributed by atoms with Gasteiger partial charge in [0.25, 0.3) is 11.8 Å². The Morgan fingerprint density at radius 3 is 2.70 bits per heavy atom. The number of aromatic nitrogens is 2. The standard InChI is InChI=1S/C15H11ClN4O2S/c1-7-2-4-9-11(6-7)23-15(19-9)20-14(22)10-5-3-8(13(17)21)12(16)18-10/h2-6H,1H3,(H2,17,21)(H,19,20,22). The van der Waals surface area contributed by atoms with Crippen LogP contribution in [0, 0.1) is 6.92 Å². The van der Waals surface area contributed by atoms with E-state index in [0.717, 1.165) is 15.8 Å². The first-order chi connectivity index (χ1) is 10.9. The lowest BCUT2D eigenvalue weighted by molar-refractivity contribution is 0.0993. The molecule has 8 heteroatoms. The lowest BCUT2D eigenvalue weighted by Gasteiger charge is -2.03. The highest BCUT2D eigenvalue weighted by molar-refractivity contribution is 7.22. The molecule has 0 aliphatic heterocycles. The number of nitrogens with two attached hydrogens (primary N) is 1. The summed E-state index contributed by atoms with van der Waals surface area (Å²) in [6.45, 7) is 1.99. The number of primary amides is 1. The molecule has 0 aliphatic carbocycles. The summed E-state index contributed by atoms with van der Waals surface area (Å²) in [6.07, 6.45) is 0. The second-order valence-corrected chi connectivity index (χ2v) is 6.23. The minimum Gasteiger partial charge on any atom is -0.366 e. The van der Waals surface area contributed by atoms with Crippen LogP contribution in [0.4, 0.5) is 5.13 Å². The zero-order valence-electron chi connectivity index (χ0n) is 12.0. The van der Waals surface area contributed by atoms with Crippen molar-refractivity contribution in [2.24, 2.45) is 5.73 Å². The average molecular weight is 347 g/mol. The number of hydrogen-bond donors (Lipinski definition) is 2. The van der Waals surface area contributed by atoms with Crippen molar-refractivity contribution >= 4 is 50.1 Å². The van der Waals surface area contributed by atoms with Crippen LogP contribution in [-0.4, -0.2) is 21.8 Å². The van der Waals surface area contributed by atoms with Crippen LogP contribution in [-0.2, 0) is 0 Å². The summed E-state index contributed by atoms with van der Waals surface area (Å²) in [4.78, 5) is 31.5. The number of pyridine rings is 1. The van der Waals surface area contributed by atoms with Gasteiger partial charge in [-0.3, -0.25) is 14.9 Å². The zero-order valence-corrected chi connectivity index (χ0v) is 13.5. The molecule has 0 atom stereocenters. The maximum absolute atomic E-state index is 12.2. The minimum absolute atomic E-state index is 0.0682. The van der Waals surface area contributed by atoms with E-state index in [2.05, 4.69) is 15.3 Å². The van der Waals surface area contributed by atoms with Crippen molar-refractivity contribution in [2.75, 3.05) is 5.32 Å². The van der Waals surface area contributed by atoms with E-state index in [9.17, 15) is 9.59 Å². The van der Waals surface area contributed by atoms with Crippen molar-refractivity contribution in [3.05, 3.63) is 52.3 Å². The number of hydrogen-bond acceptors (Lipinski definition) is 5. The topological polar surface area (TPSA) is 98.0 Å². The number of nitrogens with one attached hydrogen (secondary N) is 1. The Hall–Kier alpha value is -2.51. The number of rotatable bonds is 3. The van der Waals surface area contributed by atoms with E-state index in [1.54, 1.807) is 0 Å². The smallest absolute Gasteiger partial charge is 0.276 e. The van der Waals surface area contributed by atoms with Crippen LogP contribution in [0.1, 0.15) is 26.4 Å². The Bertz CT molecular complexity index is 938. The largest absolute Gasteiger partial charge is 0.366 e. The fraction of sp³-hybridized carbons (Fsp3) is 0.0667. The molecule has 2 aromatic heterocycles. The minimum atomic E-state index is -0.698. The molecule has 2 heterocycles. The van der Waals surface area contributed by atoms with Gasteiger partial charge in [0.05, 0.1) is 15.8 Å². The number of carbonyl (C=O) groups excluding carboxylic acids is 2. The summed E-state index contributed by atoms with van der Waals surface area (Å²) in [7, 11) is 0. The van der Waals surface area contributed by atoms with Crippen molar-refractivity contribution in [3.8, 4) is 0 Å². The number of aryl methyl sites for hydroxylation is 1. The maximum atomic E-state index is 12.2. The zero-order chi connectivity index (χ0) is 16.6. The summed E-state index contributed by atoms with van der Waals surface area (Å²) < 4.78 is 0.982. The molecule has 3 aromatic rings. The van der Waals surface area contributed by atoms with Crippen LogP contribution in [0.2, 0.25) is 5.15 Å². The lowest BCUT2D eigenvalue weighted by atomic mass is 10.2. The molecular formula is C15H11ClN4O2S. The van der Waals surface area contributed by atoms with Gasteiger partial charge in [0.1, 0.15) is 10.8 Å². The highest BCUT2D eigenvalue weighted by Crippen LogP contribution is 2.27. The van der Waals surface area contributed by atoms with E-state index < -0.39 is 11.8 Å². The molecule has 0 saturated carbocycles. The maximum Gasteiger partial charge on any atom is 0.276 e. The Morgan fingerprint density at radius 2 is 2.00 bits per heavy atom. The molecule has 2 amide bonds. The molecule has 0 saturated heterocycles. The summed E-state index contributed by atoms with van der Waals surface area (Å²) >= 11 is 7.22. The van der Waals surface area contributed by atoms with E-state index in [-0.39, 0.29) is 16.4 Å². The summed E-state index contributed by atoms with van der Waals surface area (Å²) in [6, 6.07) is 8.61. The van der Waals surface area contributed by atoms with Crippen molar-refractivity contribution < 1.29 is 9.59 Å². The van der Waals surface area contributed by atoms with Crippen LogP contribution in [0.5, 0.6) is 0 Å². The Morgan fingerprint density at radius 1 is 1.22 bits per heavy atom. The number of amides is 2. The predicted octanol–water partition coefficient (Wildman–Crippen LogP) is 3.00. The van der Waals surface area contributed by atoms with Gasteiger partial charge in [-0.15, -0.1) is 0 Å². The summed E-state index contributed by atoms with van der Waals surface area (Å²) in [5.41, 5.74) is 7.23. The first-order valence-corrected chi connectivity index (χ1v) is 7.78. The lowest BCUT2D eigenvalue weighted by Crippen LogP contribution is -2.16. The van der Waals surface area contributed by atoms with Gasteiger partial charge >= 0.3 is 0 Å². The van der Waals surface area contributed by atoms with Crippen LogP contribution in [0.15, 0.2) is 30.3 Å². The number of benzene rings is 1. The van der Waals surface area contributed by atoms with Crippen LogP contribution in [0.25, 0.3) is 10.2 Å². The molecule has 0 bridgehead atoms. The molecule has 6 nitrogen and oxygen atoms in total.